The van der Waals surface area contributed by atoms with Gasteiger partial charge < -0.3 is 10.3 Å². The predicted molar refractivity (Wildman–Crippen MR) is 65.3 cm³/mol. The molecule has 2 N–H and O–H groups in total. The summed E-state index contributed by atoms with van der Waals surface area (Å²) in [7, 11) is 1.86. The van der Waals surface area contributed by atoms with E-state index in [2.05, 4.69) is 4.98 Å². The van der Waals surface area contributed by atoms with Crippen LogP contribution in [-0.4, -0.2) is 9.55 Å². The van der Waals surface area contributed by atoms with Crippen LogP contribution in [0.1, 0.15) is 17.3 Å². The average Bonchev–Trinajstić information content (AvgIpc) is 2.70. The highest BCUT2D eigenvalue weighted by molar-refractivity contribution is 6.31. The van der Waals surface area contributed by atoms with Crippen LogP contribution in [-0.2, 0) is 13.5 Å². The molecule has 1 atom stereocenters. The molecule has 0 aliphatic heterocycles. The largest absolute Gasteiger partial charge is 0.340 e. The summed E-state index contributed by atoms with van der Waals surface area (Å²) in [5, 5.41) is 0.399. The molecule has 3 nitrogen and oxygen atoms in total. The topological polar surface area (TPSA) is 43.8 Å². The van der Waals surface area contributed by atoms with Gasteiger partial charge in [0.15, 0.2) is 0 Å². The zero-order valence-electron chi connectivity index (χ0n) is 9.40. The standard InChI is InChI=1S/C12H13ClFN3/c1-17-6-12(16-7-17)11(15)5-8-9(13)3-2-4-10(8)14/h2-4,6-7,11H,5,15H2,1H3. The summed E-state index contributed by atoms with van der Waals surface area (Å²) in [5.41, 5.74) is 7.14. The van der Waals surface area contributed by atoms with Crippen LogP contribution in [0.3, 0.4) is 0 Å². The summed E-state index contributed by atoms with van der Waals surface area (Å²) in [6.07, 6.45) is 3.82. The van der Waals surface area contributed by atoms with E-state index in [1.165, 1.54) is 6.07 Å². The Bertz CT molecular complexity index is 504. The minimum absolute atomic E-state index is 0.330. The highest BCUT2D eigenvalue weighted by atomic mass is 35.5. The number of imidazole rings is 1. The first kappa shape index (κ1) is 12.1. The molecule has 0 fully saturated rings. The van der Waals surface area contributed by atoms with E-state index >= 15 is 0 Å². The van der Waals surface area contributed by atoms with Crippen LogP contribution in [0.4, 0.5) is 4.39 Å². The molecule has 5 heteroatoms. The Morgan fingerprint density at radius 2 is 2.29 bits per heavy atom. The molecule has 0 radical (unpaired) electrons. The van der Waals surface area contributed by atoms with E-state index < -0.39 is 0 Å². The first-order chi connectivity index (χ1) is 8.08. The second-order valence-corrected chi connectivity index (χ2v) is 4.38. The Morgan fingerprint density at radius 1 is 1.53 bits per heavy atom. The lowest BCUT2D eigenvalue weighted by molar-refractivity contribution is 0.590. The van der Waals surface area contributed by atoms with Crippen molar-refractivity contribution in [3.8, 4) is 0 Å². The molecule has 1 aromatic heterocycles. The number of rotatable bonds is 3. The van der Waals surface area contributed by atoms with Gasteiger partial charge in [-0.05, 0) is 18.6 Å². The van der Waals surface area contributed by atoms with Gasteiger partial charge in [0.1, 0.15) is 5.82 Å². The Hall–Kier alpha value is -1.39. The minimum Gasteiger partial charge on any atom is -0.340 e. The van der Waals surface area contributed by atoms with Crippen LogP contribution < -0.4 is 5.73 Å². The molecule has 0 aliphatic rings. The fourth-order valence-electron chi connectivity index (χ4n) is 1.68. The molecule has 1 heterocycles. The fourth-order valence-corrected chi connectivity index (χ4v) is 1.92. The van der Waals surface area contributed by atoms with Gasteiger partial charge in [-0.15, -0.1) is 0 Å². The van der Waals surface area contributed by atoms with Crippen molar-refractivity contribution in [2.24, 2.45) is 12.8 Å². The van der Waals surface area contributed by atoms with Crippen molar-refractivity contribution < 1.29 is 4.39 Å². The molecule has 2 aromatic rings. The van der Waals surface area contributed by atoms with E-state index in [0.29, 0.717) is 17.0 Å². The molecule has 17 heavy (non-hydrogen) atoms. The number of hydrogen-bond donors (Lipinski definition) is 1. The van der Waals surface area contributed by atoms with Crippen molar-refractivity contribution in [1.82, 2.24) is 9.55 Å². The third kappa shape index (κ3) is 2.65. The van der Waals surface area contributed by atoms with Gasteiger partial charge in [-0.2, -0.15) is 0 Å². The zero-order valence-corrected chi connectivity index (χ0v) is 10.2. The van der Waals surface area contributed by atoms with E-state index in [9.17, 15) is 4.39 Å². The van der Waals surface area contributed by atoms with Gasteiger partial charge in [0.25, 0.3) is 0 Å². The lowest BCUT2D eigenvalue weighted by atomic mass is 10.0. The molecule has 0 spiro atoms. The summed E-state index contributed by atoms with van der Waals surface area (Å²) in [6, 6.07) is 4.26. The van der Waals surface area contributed by atoms with Crippen molar-refractivity contribution in [1.29, 1.82) is 0 Å². The van der Waals surface area contributed by atoms with Crippen LogP contribution in [0.5, 0.6) is 0 Å². The first-order valence-electron chi connectivity index (χ1n) is 5.24. The second-order valence-electron chi connectivity index (χ2n) is 3.97. The highest BCUT2D eigenvalue weighted by Crippen LogP contribution is 2.23. The van der Waals surface area contributed by atoms with E-state index in [1.54, 1.807) is 23.0 Å². The zero-order chi connectivity index (χ0) is 12.4. The predicted octanol–water partition coefficient (Wildman–Crippen LogP) is 2.46. The number of aryl methyl sites for hydroxylation is 1. The van der Waals surface area contributed by atoms with Gasteiger partial charge in [0.2, 0.25) is 0 Å². The normalized spacial score (nSPS) is 12.7. The maximum atomic E-state index is 13.6. The monoisotopic (exact) mass is 253 g/mol. The average molecular weight is 254 g/mol. The van der Waals surface area contributed by atoms with Gasteiger partial charge in [-0.25, -0.2) is 9.37 Å². The molecule has 1 unspecified atom stereocenters. The first-order valence-corrected chi connectivity index (χ1v) is 5.62. The molecule has 0 aliphatic carbocycles. The molecule has 1 aromatic carbocycles. The summed E-state index contributed by atoms with van der Waals surface area (Å²) in [4.78, 5) is 4.14. The van der Waals surface area contributed by atoms with Gasteiger partial charge >= 0.3 is 0 Å². The van der Waals surface area contributed by atoms with Gasteiger partial charge in [0.05, 0.1) is 18.1 Å². The van der Waals surface area contributed by atoms with E-state index in [4.69, 9.17) is 17.3 Å². The third-order valence-corrected chi connectivity index (χ3v) is 2.94. The van der Waals surface area contributed by atoms with Gasteiger partial charge in [-0.3, -0.25) is 0 Å². The van der Waals surface area contributed by atoms with Crippen molar-refractivity contribution in [3.63, 3.8) is 0 Å². The number of nitrogens with two attached hydrogens (primary N) is 1. The van der Waals surface area contributed by atoms with Crippen LogP contribution >= 0.6 is 11.6 Å². The van der Waals surface area contributed by atoms with Crippen molar-refractivity contribution in [3.05, 3.63) is 52.8 Å². The Balaban J connectivity index is 2.21. The molecule has 0 bridgehead atoms. The van der Waals surface area contributed by atoms with E-state index in [1.807, 2.05) is 13.2 Å². The molecule has 0 amide bonds. The Kier molecular flexibility index (Phi) is 3.45. The lowest BCUT2D eigenvalue weighted by Gasteiger charge is -2.11. The summed E-state index contributed by atoms with van der Waals surface area (Å²) < 4.78 is 15.4. The van der Waals surface area contributed by atoms with Crippen LogP contribution in [0.25, 0.3) is 0 Å². The third-order valence-electron chi connectivity index (χ3n) is 2.59. The fraction of sp³-hybridized carbons (Fsp3) is 0.250. The van der Waals surface area contributed by atoms with Gasteiger partial charge in [0, 0.05) is 23.8 Å². The number of aromatic nitrogens is 2. The molecule has 90 valence electrons. The number of hydrogen-bond acceptors (Lipinski definition) is 2. The Morgan fingerprint density at radius 3 is 2.88 bits per heavy atom. The van der Waals surface area contributed by atoms with Crippen LogP contribution in [0.2, 0.25) is 5.02 Å². The maximum absolute atomic E-state index is 13.6. The van der Waals surface area contributed by atoms with Crippen molar-refractivity contribution in [2.45, 2.75) is 12.5 Å². The summed E-state index contributed by atoms with van der Waals surface area (Å²) in [5.74, 6) is -0.330. The second kappa shape index (κ2) is 4.85. The van der Waals surface area contributed by atoms with Gasteiger partial charge in [-0.1, -0.05) is 17.7 Å². The number of halogens is 2. The smallest absolute Gasteiger partial charge is 0.127 e. The van der Waals surface area contributed by atoms with Crippen molar-refractivity contribution >= 4 is 11.6 Å². The van der Waals surface area contributed by atoms with Crippen molar-refractivity contribution in [2.75, 3.05) is 0 Å². The van der Waals surface area contributed by atoms with E-state index in [0.717, 1.165) is 5.69 Å². The summed E-state index contributed by atoms with van der Waals surface area (Å²) in [6.45, 7) is 0. The molecular formula is C12H13ClFN3. The van der Waals surface area contributed by atoms with Crippen LogP contribution in [0.15, 0.2) is 30.7 Å². The quantitative estimate of drug-likeness (QED) is 0.913. The number of nitrogens with zero attached hydrogens (tertiary/aromatic N) is 2. The Labute approximate surface area is 104 Å². The molecule has 0 saturated carbocycles. The molecule has 2 rings (SSSR count). The number of benzene rings is 1. The SMILES string of the molecule is Cn1cnc(C(N)Cc2c(F)cccc2Cl)c1. The highest BCUT2D eigenvalue weighted by Gasteiger charge is 2.14. The lowest BCUT2D eigenvalue weighted by Crippen LogP contribution is -2.15. The van der Waals surface area contributed by atoms with Crippen LogP contribution in [0, 0.1) is 5.82 Å². The summed E-state index contributed by atoms with van der Waals surface area (Å²) >= 11 is 5.95. The van der Waals surface area contributed by atoms with E-state index in [-0.39, 0.29) is 11.9 Å². The molecule has 0 saturated heterocycles. The molecular weight excluding hydrogens is 241 g/mol. The minimum atomic E-state index is -0.356. The maximum Gasteiger partial charge on any atom is 0.127 e.